The van der Waals surface area contributed by atoms with Crippen molar-refractivity contribution in [2.75, 3.05) is 27.8 Å². The third kappa shape index (κ3) is 4.47. The normalized spacial score (nSPS) is 16.2. The number of nitrogens with one attached hydrogen (secondary N) is 1. The van der Waals surface area contributed by atoms with Gasteiger partial charge in [-0.25, -0.2) is 0 Å². The van der Waals surface area contributed by atoms with Crippen LogP contribution < -0.4 is 20.2 Å². The predicted octanol–water partition coefficient (Wildman–Crippen LogP) is 2.93. The van der Waals surface area contributed by atoms with Crippen molar-refractivity contribution in [3.8, 4) is 11.5 Å². The van der Waals surface area contributed by atoms with Crippen LogP contribution in [0.2, 0.25) is 0 Å². The quantitative estimate of drug-likeness (QED) is 0.752. The molecule has 1 fully saturated rings. The number of amides is 2. The molecule has 33 heavy (non-hydrogen) atoms. The molecule has 0 radical (unpaired) electrons. The average molecular weight is 454 g/mol. The van der Waals surface area contributed by atoms with Crippen LogP contribution in [-0.4, -0.2) is 49.1 Å². The van der Waals surface area contributed by atoms with Gasteiger partial charge in [-0.3, -0.25) is 14.4 Å². The molecule has 1 aromatic carbocycles. The average Bonchev–Trinajstić information content (AvgIpc) is 2.87. The van der Waals surface area contributed by atoms with Gasteiger partial charge < -0.3 is 24.3 Å². The molecule has 2 amide bonds. The van der Waals surface area contributed by atoms with Crippen molar-refractivity contribution in [2.45, 2.75) is 51.1 Å². The van der Waals surface area contributed by atoms with E-state index in [0.717, 1.165) is 36.8 Å². The number of carbonyl (C=O) groups excluding carboxylic acids is 2. The molecule has 1 N–H and O–H groups in total. The number of benzene rings is 1. The van der Waals surface area contributed by atoms with Gasteiger partial charge in [-0.15, -0.1) is 0 Å². The fraction of sp³-hybridized carbons (Fsp3) is 0.480. The molecule has 2 heterocycles. The molecule has 8 nitrogen and oxygen atoms in total. The Balaban J connectivity index is 1.69. The Morgan fingerprint density at radius 1 is 0.970 bits per heavy atom. The second kappa shape index (κ2) is 9.68. The maximum Gasteiger partial charge on any atom is 0.259 e. The van der Waals surface area contributed by atoms with Crippen LogP contribution in [0.4, 0.5) is 0 Å². The van der Waals surface area contributed by atoms with E-state index in [1.165, 1.54) is 13.5 Å². The molecule has 0 unspecified atom stereocenters. The largest absolute Gasteiger partial charge is 0.493 e. The van der Waals surface area contributed by atoms with Gasteiger partial charge in [0.2, 0.25) is 5.43 Å². The summed E-state index contributed by atoms with van der Waals surface area (Å²) < 4.78 is 12.7. The first kappa shape index (κ1) is 22.9. The minimum absolute atomic E-state index is 0.0118. The summed E-state index contributed by atoms with van der Waals surface area (Å²) in [7, 11) is 4.66. The molecule has 8 heteroatoms. The summed E-state index contributed by atoms with van der Waals surface area (Å²) in [4.78, 5) is 40.8. The highest BCUT2D eigenvalue weighted by Gasteiger charge is 2.28. The van der Waals surface area contributed by atoms with Crippen LogP contribution in [0.3, 0.4) is 0 Å². The SMILES string of the molecule is CNC(=O)c1cn(C2CCCCC2)cc(C(=O)N2CCc3cc(OC)c(OC)cc3C2)c1=O. The lowest BCUT2D eigenvalue weighted by atomic mass is 9.94. The fourth-order valence-electron chi connectivity index (χ4n) is 4.86. The maximum absolute atomic E-state index is 13.5. The zero-order valence-corrected chi connectivity index (χ0v) is 19.5. The van der Waals surface area contributed by atoms with Gasteiger partial charge in [-0.2, -0.15) is 0 Å². The second-order valence-corrected chi connectivity index (χ2v) is 8.69. The van der Waals surface area contributed by atoms with E-state index in [1.54, 1.807) is 31.5 Å². The lowest BCUT2D eigenvalue weighted by Gasteiger charge is -2.30. The zero-order valence-electron chi connectivity index (χ0n) is 19.5. The van der Waals surface area contributed by atoms with Gasteiger partial charge in [-0.05, 0) is 42.5 Å². The number of aromatic nitrogens is 1. The molecule has 1 aromatic heterocycles. The Morgan fingerprint density at radius 3 is 2.24 bits per heavy atom. The number of fused-ring (bicyclic) bond motifs is 1. The number of methoxy groups -OCH3 is 2. The van der Waals surface area contributed by atoms with Crippen molar-refractivity contribution in [3.63, 3.8) is 0 Å². The minimum Gasteiger partial charge on any atom is -0.493 e. The van der Waals surface area contributed by atoms with E-state index in [1.807, 2.05) is 16.7 Å². The van der Waals surface area contributed by atoms with E-state index in [2.05, 4.69) is 5.32 Å². The number of ether oxygens (including phenoxy) is 2. The molecule has 1 aliphatic carbocycles. The standard InChI is InChI=1S/C25H31N3O5/c1-26-24(30)19-14-28(18-7-5-4-6-8-18)15-20(23(19)29)25(31)27-10-9-16-11-21(32-2)22(33-3)12-17(16)13-27/h11-12,14-15,18H,4-10,13H2,1-3H3,(H,26,30). The van der Waals surface area contributed by atoms with E-state index in [4.69, 9.17) is 9.47 Å². The van der Waals surface area contributed by atoms with Crippen molar-refractivity contribution in [3.05, 3.63) is 57.0 Å². The number of nitrogens with zero attached hydrogens (tertiary/aromatic N) is 2. The third-order valence-electron chi connectivity index (χ3n) is 6.75. The molecule has 0 spiro atoms. The highest BCUT2D eigenvalue weighted by molar-refractivity contribution is 5.99. The highest BCUT2D eigenvalue weighted by Crippen LogP contribution is 2.33. The van der Waals surface area contributed by atoms with E-state index in [0.29, 0.717) is 31.0 Å². The fourth-order valence-corrected chi connectivity index (χ4v) is 4.86. The number of hydrogen-bond acceptors (Lipinski definition) is 5. The lowest BCUT2D eigenvalue weighted by molar-refractivity contribution is 0.0731. The van der Waals surface area contributed by atoms with Crippen molar-refractivity contribution >= 4 is 11.8 Å². The summed E-state index contributed by atoms with van der Waals surface area (Å²) in [5, 5.41) is 2.53. The summed E-state index contributed by atoms with van der Waals surface area (Å²) in [5.74, 6) is 0.437. The number of pyridine rings is 1. The number of hydrogen-bond donors (Lipinski definition) is 1. The van der Waals surface area contributed by atoms with Gasteiger partial charge in [-0.1, -0.05) is 19.3 Å². The Kier molecular flexibility index (Phi) is 6.72. The lowest BCUT2D eigenvalue weighted by Crippen LogP contribution is -2.40. The van der Waals surface area contributed by atoms with Crippen molar-refractivity contribution in [1.29, 1.82) is 0 Å². The first-order chi connectivity index (χ1) is 16.0. The van der Waals surface area contributed by atoms with Gasteiger partial charge in [0.15, 0.2) is 11.5 Å². The summed E-state index contributed by atoms with van der Waals surface area (Å²) in [6, 6.07) is 4.01. The highest BCUT2D eigenvalue weighted by atomic mass is 16.5. The number of carbonyl (C=O) groups is 2. The molecular formula is C25H31N3O5. The van der Waals surface area contributed by atoms with Crippen LogP contribution in [0.15, 0.2) is 29.3 Å². The molecule has 1 aliphatic heterocycles. The van der Waals surface area contributed by atoms with Crippen LogP contribution in [0, 0.1) is 0 Å². The summed E-state index contributed by atoms with van der Waals surface area (Å²) >= 11 is 0. The van der Waals surface area contributed by atoms with Crippen LogP contribution >= 0.6 is 0 Å². The van der Waals surface area contributed by atoms with Crippen molar-refractivity contribution in [2.24, 2.45) is 0 Å². The topological polar surface area (TPSA) is 89.9 Å². The minimum atomic E-state index is -0.524. The Morgan fingerprint density at radius 2 is 1.61 bits per heavy atom. The molecule has 2 aromatic rings. The van der Waals surface area contributed by atoms with Gasteiger partial charge >= 0.3 is 0 Å². The smallest absolute Gasteiger partial charge is 0.259 e. The molecule has 4 rings (SSSR count). The van der Waals surface area contributed by atoms with Crippen LogP contribution in [-0.2, 0) is 13.0 Å². The zero-order chi connectivity index (χ0) is 23.5. The molecule has 0 atom stereocenters. The third-order valence-corrected chi connectivity index (χ3v) is 6.75. The molecule has 0 saturated heterocycles. The summed E-state index contributed by atoms with van der Waals surface area (Å²) in [5.41, 5.74) is 1.59. The van der Waals surface area contributed by atoms with E-state index < -0.39 is 11.3 Å². The molecule has 0 bridgehead atoms. The van der Waals surface area contributed by atoms with E-state index >= 15 is 0 Å². The number of rotatable bonds is 5. The Bertz CT molecular complexity index is 1120. The first-order valence-corrected chi connectivity index (χ1v) is 11.5. The molecule has 2 aliphatic rings. The molecule has 176 valence electrons. The first-order valence-electron chi connectivity index (χ1n) is 11.5. The van der Waals surface area contributed by atoms with Crippen LogP contribution in [0.25, 0.3) is 0 Å². The van der Waals surface area contributed by atoms with E-state index in [-0.39, 0.29) is 23.1 Å². The predicted molar refractivity (Wildman–Crippen MR) is 124 cm³/mol. The van der Waals surface area contributed by atoms with Crippen molar-refractivity contribution in [1.82, 2.24) is 14.8 Å². The van der Waals surface area contributed by atoms with Crippen LogP contribution in [0.1, 0.15) is 70.0 Å². The van der Waals surface area contributed by atoms with Gasteiger partial charge in [0.25, 0.3) is 11.8 Å². The van der Waals surface area contributed by atoms with Gasteiger partial charge in [0, 0.05) is 38.6 Å². The molecular weight excluding hydrogens is 422 g/mol. The van der Waals surface area contributed by atoms with Crippen LogP contribution in [0.5, 0.6) is 11.5 Å². The second-order valence-electron chi connectivity index (χ2n) is 8.69. The molecule has 1 saturated carbocycles. The van der Waals surface area contributed by atoms with Gasteiger partial charge in [0.05, 0.1) is 14.2 Å². The summed E-state index contributed by atoms with van der Waals surface area (Å²) in [6.07, 6.45) is 9.24. The van der Waals surface area contributed by atoms with Crippen molar-refractivity contribution < 1.29 is 19.1 Å². The van der Waals surface area contributed by atoms with Gasteiger partial charge in [0.1, 0.15) is 11.1 Å². The summed E-state index contributed by atoms with van der Waals surface area (Å²) in [6.45, 7) is 0.843. The Labute approximate surface area is 193 Å². The van der Waals surface area contributed by atoms with E-state index in [9.17, 15) is 14.4 Å². The Hall–Kier alpha value is -3.29. The monoisotopic (exact) mass is 453 g/mol. The maximum atomic E-state index is 13.5.